The average Bonchev–Trinajstić information content (AvgIpc) is 2.30. The molecule has 74 valence electrons. The molecule has 0 aromatic heterocycles. The van der Waals surface area contributed by atoms with Crippen molar-refractivity contribution in [1.29, 1.82) is 0 Å². The molecule has 2 aromatic rings. The van der Waals surface area contributed by atoms with Crippen molar-refractivity contribution in [3.05, 3.63) is 60.2 Å². The summed E-state index contributed by atoms with van der Waals surface area (Å²) in [6, 6.07) is 11.9. The fourth-order valence-corrected chi connectivity index (χ4v) is 1.84. The third-order valence-electron chi connectivity index (χ3n) is 2.55. The van der Waals surface area contributed by atoms with Gasteiger partial charge in [-0.15, -0.1) is 6.58 Å². The van der Waals surface area contributed by atoms with Gasteiger partial charge in [0.05, 0.1) is 0 Å². The maximum atomic E-state index is 10.9. The van der Waals surface area contributed by atoms with Gasteiger partial charge in [-0.25, -0.2) is 0 Å². The molecule has 0 aliphatic heterocycles. The van der Waals surface area contributed by atoms with Gasteiger partial charge in [-0.2, -0.15) is 0 Å². The molecular weight excluding hydrogens is 184 g/mol. The summed E-state index contributed by atoms with van der Waals surface area (Å²) < 4.78 is 0. The first kappa shape index (κ1) is 9.66. The molecule has 0 atom stereocenters. The summed E-state index contributed by atoms with van der Waals surface area (Å²) in [5.74, 6) is 0. The first-order chi connectivity index (χ1) is 7.36. The standard InChI is InChI=1S/C14H12O/c1-2-5-13-12(10-15)9-8-11-6-3-4-7-14(11)13/h2-4,6-10H,1,5H2. The molecule has 0 heterocycles. The minimum absolute atomic E-state index is 0.732. The number of hydrogen-bond acceptors (Lipinski definition) is 1. The molecule has 0 N–H and O–H groups in total. The minimum atomic E-state index is 0.732. The van der Waals surface area contributed by atoms with Crippen LogP contribution in [0.5, 0.6) is 0 Å². The molecule has 0 saturated heterocycles. The van der Waals surface area contributed by atoms with Gasteiger partial charge in [0.15, 0.2) is 0 Å². The van der Waals surface area contributed by atoms with Crippen LogP contribution in [0.2, 0.25) is 0 Å². The van der Waals surface area contributed by atoms with E-state index < -0.39 is 0 Å². The van der Waals surface area contributed by atoms with E-state index in [0.29, 0.717) is 0 Å². The monoisotopic (exact) mass is 196 g/mol. The first-order valence-electron chi connectivity index (χ1n) is 4.93. The molecular formula is C14H12O. The van der Waals surface area contributed by atoms with Crippen LogP contribution in [0.1, 0.15) is 15.9 Å². The van der Waals surface area contributed by atoms with Gasteiger partial charge in [0, 0.05) is 5.56 Å². The quantitative estimate of drug-likeness (QED) is 0.543. The van der Waals surface area contributed by atoms with E-state index in [0.717, 1.165) is 29.2 Å². The van der Waals surface area contributed by atoms with E-state index in [4.69, 9.17) is 0 Å². The number of allylic oxidation sites excluding steroid dienone is 1. The summed E-state index contributed by atoms with van der Waals surface area (Å²) in [4.78, 5) is 10.9. The van der Waals surface area contributed by atoms with Crippen LogP contribution in [0, 0.1) is 0 Å². The molecule has 0 bridgehead atoms. The predicted molar refractivity (Wildman–Crippen MR) is 63.2 cm³/mol. The third-order valence-corrected chi connectivity index (χ3v) is 2.55. The van der Waals surface area contributed by atoms with E-state index in [1.165, 1.54) is 5.39 Å². The summed E-state index contributed by atoms with van der Waals surface area (Å²) in [6.45, 7) is 3.72. The van der Waals surface area contributed by atoms with Crippen LogP contribution in [-0.2, 0) is 6.42 Å². The van der Waals surface area contributed by atoms with Crippen LogP contribution in [-0.4, -0.2) is 6.29 Å². The van der Waals surface area contributed by atoms with E-state index in [1.54, 1.807) is 0 Å². The van der Waals surface area contributed by atoms with Gasteiger partial charge in [0.1, 0.15) is 6.29 Å². The van der Waals surface area contributed by atoms with Crippen molar-refractivity contribution < 1.29 is 4.79 Å². The number of hydrogen-bond donors (Lipinski definition) is 0. The first-order valence-corrected chi connectivity index (χ1v) is 4.93. The molecule has 0 aliphatic carbocycles. The molecule has 15 heavy (non-hydrogen) atoms. The number of aldehydes is 1. The summed E-state index contributed by atoms with van der Waals surface area (Å²) in [5, 5.41) is 2.31. The lowest BCUT2D eigenvalue weighted by Gasteiger charge is -2.06. The molecule has 1 heteroatoms. The molecule has 2 rings (SSSR count). The Morgan fingerprint density at radius 2 is 1.93 bits per heavy atom. The SMILES string of the molecule is C=CCc1c(C=O)ccc2ccccc12. The highest BCUT2D eigenvalue weighted by Crippen LogP contribution is 2.22. The minimum Gasteiger partial charge on any atom is -0.298 e. The van der Waals surface area contributed by atoms with Gasteiger partial charge in [-0.1, -0.05) is 42.5 Å². The lowest BCUT2D eigenvalue weighted by atomic mass is 9.97. The van der Waals surface area contributed by atoms with Gasteiger partial charge in [0.2, 0.25) is 0 Å². The highest BCUT2D eigenvalue weighted by Gasteiger charge is 2.04. The molecule has 0 spiro atoms. The van der Waals surface area contributed by atoms with Gasteiger partial charge in [-0.05, 0) is 22.8 Å². The number of carbonyl (C=O) groups excluding carboxylic acids is 1. The van der Waals surface area contributed by atoms with Crippen molar-refractivity contribution in [2.75, 3.05) is 0 Å². The molecule has 1 nitrogen and oxygen atoms in total. The van der Waals surface area contributed by atoms with E-state index in [1.807, 2.05) is 36.4 Å². The van der Waals surface area contributed by atoms with E-state index in [-0.39, 0.29) is 0 Å². The summed E-state index contributed by atoms with van der Waals surface area (Å²) >= 11 is 0. The molecule has 0 radical (unpaired) electrons. The number of benzene rings is 2. The van der Waals surface area contributed by atoms with Gasteiger partial charge in [-0.3, -0.25) is 4.79 Å². The maximum absolute atomic E-state index is 10.9. The molecule has 0 unspecified atom stereocenters. The topological polar surface area (TPSA) is 17.1 Å². The Labute approximate surface area is 89.0 Å². The summed E-state index contributed by atoms with van der Waals surface area (Å²) in [6.07, 6.45) is 3.47. The Balaban J connectivity index is 2.77. The van der Waals surface area contributed by atoms with Gasteiger partial charge in [0.25, 0.3) is 0 Å². The van der Waals surface area contributed by atoms with Gasteiger partial charge >= 0.3 is 0 Å². The molecule has 0 aliphatic rings. The molecule has 0 fully saturated rings. The Hall–Kier alpha value is -1.89. The Morgan fingerprint density at radius 3 is 2.67 bits per heavy atom. The van der Waals surface area contributed by atoms with Crippen LogP contribution in [0.4, 0.5) is 0 Å². The second-order valence-corrected chi connectivity index (χ2v) is 3.47. The summed E-state index contributed by atoms with van der Waals surface area (Å²) in [7, 11) is 0. The lowest BCUT2D eigenvalue weighted by molar-refractivity contribution is 0.112. The number of rotatable bonds is 3. The second kappa shape index (κ2) is 4.09. The number of carbonyl (C=O) groups is 1. The zero-order valence-corrected chi connectivity index (χ0v) is 8.44. The fourth-order valence-electron chi connectivity index (χ4n) is 1.84. The lowest BCUT2D eigenvalue weighted by Crippen LogP contribution is -1.92. The second-order valence-electron chi connectivity index (χ2n) is 3.47. The van der Waals surface area contributed by atoms with Crippen molar-refractivity contribution >= 4 is 17.1 Å². The maximum Gasteiger partial charge on any atom is 0.150 e. The zero-order valence-electron chi connectivity index (χ0n) is 8.44. The van der Waals surface area contributed by atoms with Crippen LogP contribution in [0.15, 0.2) is 49.1 Å². The zero-order chi connectivity index (χ0) is 10.7. The predicted octanol–water partition coefficient (Wildman–Crippen LogP) is 3.38. The van der Waals surface area contributed by atoms with Crippen molar-refractivity contribution in [3.63, 3.8) is 0 Å². The van der Waals surface area contributed by atoms with E-state index >= 15 is 0 Å². The summed E-state index contributed by atoms with van der Waals surface area (Å²) in [5.41, 5.74) is 1.83. The smallest absolute Gasteiger partial charge is 0.150 e. The normalized spacial score (nSPS) is 10.1. The largest absolute Gasteiger partial charge is 0.298 e. The van der Waals surface area contributed by atoms with Crippen LogP contribution in [0.25, 0.3) is 10.8 Å². The molecule has 0 amide bonds. The van der Waals surface area contributed by atoms with E-state index in [9.17, 15) is 4.79 Å². The Bertz CT molecular complexity index is 512. The van der Waals surface area contributed by atoms with Crippen molar-refractivity contribution in [1.82, 2.24) is 0 Å². The third kappa shape index (κ3) is 1.68. The molecule has 0 saturated carbocycles. The van der Waals surface area contributed by atoms with Crippen LogP contribution >= 0.6 is 0 Å². The van der Waals surface area contributed by atoms with E-state index in [2.05, 4.69) is 12.6 Å². The Morgan fingerprint density at radius 1 is 1.13 bits per heavy atom. The van der Waals surface area contributed by atoms with Crippen LogP contribution in [0.3, 0.4) is 0 Å². The number of fused-ring (bicyclic) bond motifs is 1. The highest BCUT2D eigenvalue weighted by molar-refractivity contribution is 5.93. The van der Waals surface area contributed by atoms with Gasteiger partial charge < -0.3 is 0 Å². The molecule has 2 aromatic carbocycles. The highest BCUT2D eigenvalue weighted by atomic mass is 16.1. The van der Waals surface area contributed by atoms with Crippen molar-refractivity contribution in [2.24, 2.45) is 0 Å². The van der Waals surface area contributed by atoms with Crippen molar-refractivity contribution in [3.8, 4) is 0 Å². The van der Waals surface area contributed by atoms with Crippen molar-refractivity contribution in [2.45, 2.75) is 6.42 Å². The Kier molecular flexibility index (Phi) is 2.64. The average molecular weight is 196 g/mol. The fraction of sp³-hybridized carbons (Fsp3) is 0.0714. The van der Waals surface area contributed by atoms with Crippen LogP contribution < -0.4 is 0 Å².